The minimum atomic E-state index is -0.920. The second-order valence-corrected chi connectivity index (χ2v) is 11.0. The molecule has 7 heteroatoms. The second kappa shape index (κ2) is 12.7. The zero-order chi connectivity index (χ0) is 26.8. The summed E-state index contributed by atoms with van der Waals surface area (Å²) in [5.74, 6) is -0.920. The molecule has 3 nitrogen and oxygen atoms in total. The summed E-state index contributed by atoms with van der Waals surface area (Å²) in [5, 5.41) is 10.8. The Kier molecular flexibility index (Phi) is 9.56. The highest BCUT2D eigenvalue weighted by Gasteiger charge is 2.24. The third kappa shape index (κ3) is 6.41. The first-order valence-corrected chi connectivity index (χ1v) is 13.7. The Morgan fingerprint density at radius 1 is 1.00 bits per heavy atom. The molecule has 2 aliphatic rings. The Morgan fingerprint density at radius 2 is 1.74 bits per heavy atom. The maximum atomic E-state index is 12.5. The Hall–Kier alpha value is -2.63. The lowest BCUT2D eigenvalue weighted by Crippen LogP contribution is -2.40. The molecule has 1 saturated heterocycles. The highest BCUT2D eigenvalue weighted by Crippen LogP contribution is 2.43. The van der Waals surface area contributed by atoms with Gasteiger partial charge in [0.05, 0.1) is 12.2 Å². The number of carboxylic acid groups (broad SMARTS) is 1. The zero-order valence-corrected chi connectivity index (χ0v) is 24.1. The van der Waals surface area contributed by atoms with Gasteiger partial charge in [0, 0.05) is 29.7 Å². The molecule has 0 amide bonds. The van der Waals surface area contributed by atoms with Crippen LogP contribution in [0.1, 0.15) is 63.0 Å². The summed E-state index contributed by atoms with van der Waals surface area (Å²) >= 11 is 12.9. The number of alkyl halides is 1. The normalized spacial score (nSPS) is 15.2. The van der Waals surface area contributed by atoms with Crippen molar-refractivity contribution in [1.82, 2.24) is 4.90 Å². The Labute approximate surface area is 245 Å². The van der Waals surface area contributed by atoms with Gasteiger partial charge in [-0.25, -0.2) is 4.79 Å². The van der Waals surface area contributed by atoms with Crippen LogP contribution in [0.4, 0.5) is 4.39 Å². The van der Waals surface area contributed by atoms with Crippen LogP contribution < -0.4 is 0 Å². The molecule has 0 bridgehead atoms. The number of aryl methyl sites for hydroxylation is 2. The van der Waals surface area contributed by atoms with Gasteiger partial charge in [-0.05, 0) is 107 Å². The fourth-order valence-corrected chi connectivity index (χ4v) is 6.11. The van der Waals surface area contributed by atoms with E-state index < -0.39 is 5.97 Å². The number of benzene rings is 3. The topological polar surface area (TPSA) is 40.5 Å². The molecule has 1 aliphatic heterocycles. The molecule has 204 valence electrons. The minimum Gasteiger partial charge on any atom is -0.478 e. The van der Waals surface area contributed by atoms with E-state index in [0.29, 0.717) is 22.0 Å². The van der Waals surface area contributed by atoms with Crippen molar-refractivity contribution >= 4 is 58.8 Å². The van der Waals surface area contributed by atoms with Crippen molar-refractivity contribution in [3.63, 3.8) is 0 Å². The number of aromatic carboxylic acids is 1. The molecular weight excluding hydrogens is 556 g/mol. The van der Waals surface area contributed by atoms with E-state index in [4.69, 9.17) is 23.2 Å². The number of hydrogen-bond donors (Lipinski definition) is 1. The van der Waals surface area contributed by atoms with Gasteiger partial charge in [-0.1, -0.05) is 59.6 Å². The highest BCUT2D eigenvalue weighted by atomic mass is 35.5. The predicted octanol–water partition coefficient (Wildman–Crippen LogP) is 8.78. The standard InChI is InChI=1S/C32H30Cl2FNO2.ClH/c1-20-14-21(15-22-18-36(19-22)13-3-12-35)6-9-26(20)31-27-10-7-24(32(37)38)16-23(27)4-2-5-29(31)28-11-8-25(33)17-30(28)34;/h6-11,14-17H,2-5,12-13,18-19H2,1H3,(H,37,38);1H. The average Bonchev–Trinajstić information content (AvgIpc) is 3.04. The Bertz CT molecular complexity index is 1460. The largest absolute Gasteiger partial charge is 0.478 e. The number of allylic oxidation sites excluding steroid dienone is 1. The summed E-state index contributed by atoms with van der Waals surface area (Å²) in [5.41, 5.74) is 10.3. The number of nitrogens with zero attached hydrogens (tertiary/aromatic N) is 1. The van der Waals surface area contributed by atoms with Gasteiger partial charge in [0.2, 0.25) is 0 Å². The van der Waals surface area contributed by atoms with Crippen LogP contribution in [-0.2, 0) is 6.42 Å². The lowest BCUT2D eigenvalue weighted by molar-refractivity contribution is 0.0696. The molecule has 1 heterocycles. The number of fused-ring (bicyclic) bond motifs is 1. The van der Waals surface area contributed by atoms with Gasteiger partial charge in [0.15, 0.2) is 0 Å². The van der Waals surface area contributed by atoms with Gasteiger partial charge in [0.25, 0.3) is 0 Å². The second-order valence-electron chi connectivity index (χ2n) is 10.1. The van der Waals surface area contributed by atoms with Crippen molar-refractivity contribution in [3.05, 3.63) is 109 Å². The number of carboxylic acids is 1. The van der Waals surface area contributed by atoms with E-state index in [9.17, 15) is 14.3 Å². The maximum absolute atomic E-state index is 12.5. The lowest BCUT2D eigenvalue weighted by atomic mass is 9.85. The molecular formula is C32H31Cl3FNO2. The number of rotatable bonds is 7. The van der Waals surface area contributed by atoms with Crippen LogP contribution in [0.2, 0.25) is 10.0 Å². The molecule has 3 aromatic rings. The molecule has 0 aromatic heterocycles. The molecule has 1 fully saturated rings. The van der Waals surface area contributed by atoms with Crippen LogP contribution in [-0.4, -0.2) is 42.3 Å². The number of halogens is 4. The molecule has 0 atom stereocenters. The first-order valence-electron chi connectivity index (χ1n) is 13.0. The number of likely N-dealkylation sites (tertiary alicyclic amines) is 1. The molecule has 0 spiro atoms. The van der Waals surface area contributed by atoms with Crippen LogP contribution in [0.15, 0.2) is 60.2 Å². The first-order chi connectivity index (χ1) is 18.3. The van der Waals surface area contributed by atoms with Crippen molar-refractivity contribution in [1.29, 1.82) is 0 Å². The molecule has 0 saturated carbocycles. The summed E-state index contributed by atoms with van der Waals surface area (Å²) in [7, 11) is 0. The van der Waals surface area contributed by atoms with Gasteiger partial charge in [0.1, 0.15) is 0 Å². The monoisotopic (exact) mass is 585 g/mol. The smallest absolute Gasteiger partial charge is 0.335 e. The zero-order valence-electron chi connectivity index (χ0n) is 21.8. The van der Waals surface area contributed by atoms with E-state index in [-0.39, 0.29) is 19.1 Å². The SMILES string of the molecule is Cc1cc(C=C2CN(CCCF)C2)ccc1C1=C(c2ccc(Cl)cc2Cl)CCCc2cc(C(=O)O)ccc21.Cl. The third-order valence-electron chi connectivity index (χ3n) is 7.40. The molecule has 5 rings (SSSR count). The van der Waals surface area contributed by atoms with Gasteiger partial charge in [-0.2, -0.15) is 0 Å². The number of hydrogen-bond acceptors (Lipinski definition) is 2. The summed E-state index contributed by atoms with van der Waals surface area (Å²) in [4.78, 5) is 14.0. The molecule has 3 aromatic carbocycles. The van der Waals surface area contributed by atoms with E-state index in [0.717, 1.165) is 83.4 Å². The summed E-state index contributed by atoms with van der Waals surface area (Å²) < 4.78 is 12.5. The first kappa shape index (κ1) is 29.4. The fraction of sp³-hybridized carbons (Fsp3) is 0.281. The molecule has 0 unspecified atom stereocenters. The van der Waals surface area contributed by atoms with E-state index in [1.54, 1.807) is 12.1 Å². The van der Waals surface area contributed by atoms with Crippen molar-refractivity contribution < 1.29 is 14.3 Å². The van der Waals surface area contributed by atoms with Crippen molar-refractivity contribution in [3.8, 4) is 0 Å². The summed E-state index contributed by atoms with van der Waals surface area (Å²) in [6.45, 7) is 4.44. The van der Waals surface area contributed by atoms with Crippen LogP contribution >= 0.6 is 35.6 Å². The lowest BCUT2D eigenvalue weighted by Gasteiger charge is -2.33. The minimum absolute atomic E-state index is 0. The van der Waals surface area contributed by atoms with E-state index >= 15 is 0 Å². The molecule has 39 heavy (non-hydrogen) atoms. The van der Waals surface area contributed by atoms with Crippen LogP contribution in [0.5, 0.6) is 0 Å². The average molecular weight is 587 g/mol. The Balaban J connectivity index is 0.00000353. The van der Waals surface area contributed by atoms with Crippen LogP contribution in [0, 0.1) is 6.92 Å². The van der Waals surface area contributed by atoms with Gasteiger partial charge >= 0.3 is 5.97 Å². The van der Waals surface area contributed by atoms with Gasteiger partial charge in [-0.15, -0.1) is 12.4 Å². The Morgan fingerprint density at radius 3 is 2.44 bits per heavy atom. The fourth-order valence-electron chi connectivity index (χ4n) is 5.59. The van der Waals surface area contributed by atoms with E-state index in [1.165, 1.54) is 5.57 Å². The van der Waals surface area contributed by atoms with Gasteiger partial charge < -0.3 is 5.11 Å². The quantitative estimate of drug-likeness (QED) is 0.301. The third-order valence-corrected chi connectivity index (χ3v) is 7.95. The van der Waals surface area contributed by atoms with Gasteiger partial charge in [-0.3, -0.25) is 9.29 Å². The molecule has 1 N–H and O–H groups in total. The highest BCUT2D eigenvalue weighted by molar-refractivity contribution is 6.36. The van der Waals surface area contributed by atoms with Crippen molar-refractivity contribution in [2.24, 2.45) is 0 Å². The van der Waals surface area contributed by atoms with E-state index in [2.05, 4.69) is 36.1 Å². The summed E-state index contributed by atoms with van der Waals surface area (Å²) in [6.07, 6.45) is 5.31. The van der Waals surface area contributed by atoms with Crippen molar-refractivity contribution in [2.75, 3.05) is 26.3 Å². The number of carbonyl (C=O) groups is 1. The van der Waals surface area contributed by atoms with Crippen LogP contribution in [0.25, 0.3) is 17.2 Å². The maximum Gasteiger partial charge on any atom is 0.335 e. The summed E-state index contributed by atoms with van der Waals surface area (Å²) in [6, 6.07) is 17.6. The predicted molar refractivity (Wildman–Crippen MR) is 162 cm³/mol. The van der Waals surface area contributed by atoms with E-state index in [1.807, 2.05) is 24.3 Å². The molecule has 1 aliphatic carbocycles. The van der Waals surface area contributed by atoms with Crippen LogP contribution in [0.3, 0.4) is 0 Å². The van der Waals surface area contributed by atoms with Crippen molar-refractivity contribution in [2.45, 2.75) is 32.6 Å². The molecule has 0 radical (unpaired) electrons.